The maximum Gasteiger partial charge on any atom is 0.573 e. The van der Waals surface area contributed by atoms with Gasteiger partial charge in [-0.15, -0.1) is 13.2 Å². The van der Waals surface area contributed by atoms with Crippen molar-refractivity contribution in [2.75, 3.05) is 18.6 Å². The van der Waals surface area contributed by atoms with E-state index in [1.807, 2.05) is 6.92 Å². The van der Waals surface area contributed by atoms with E-state index in [9.17, 15) is 13.2 Å². The number of halogens is 3. The van der Waals surface area contributed by atoms with Gasteiger partial charge in [0.25, 0.3) is 0 Å². The molecule has 0 fully saturated rings. The summed E-state index contributed by atoms with van der Waals surface area (Å²) in [6.45, 7) is 9.30. The van der Waals surface area contributed by atoms with Crippen LogP contribution in [-0.2, 0) is 15.9 Å². The molecule has 7 heteroatoms. The fourth-order valence-corrected chi connectivity index (χ4v) is 3.87. The van der Waals surface area contributed by atoms with Crippen LogP contribution in [0.15, 0.2) is 41.9 Å². The number of aryl methyl sites for hydroxylation is 1. The zero-order valence-electron chi connectivity index (χ0n) is 18.6. The maximum atomic E-state index is 12.7. The van der Waals surface area contributed by atoms with Crippen molar-refractivity contribution >= 4 is 16.8 Å². The van der Waals surface area contributed by atoms with Gasteiger partial charge in [-0.1, -0.05) is 19.9 Å². The van der Waals surface area contributed by atoms with E-state index >= 15 is 0 Å². The Labute approximate surface area is 181 Å². The zero-order valence-corrected chi connectivity index (χ0v) is 18.6. The van der Waals surface area contributed by atoms with E-state index < -0.39 is 6.36 Å². The molecule has 0 saturated heterocycles. The first kappa shape index (κ1) is 23.0. The van der Waals surface area contributed by atoms with Crippen LogP contribution in [0.3, 0.4) is 0 Å². The third-order valence-corrected chi connectivity index (χ3v) is 5.80. The van der Waals surface area contributed by atoms with Crippen LogP contribution >= 0.6 is 0 Å². The predicted molar refractivity (Wildman–Crippen MR) is 117 cm³/mol. The highest BCUT2D eigenvalue weighted by Crippen LogP contribution is 2.37. The number of ether oxygens (including phenoxy) is 2. The molecule has 0 aromatic carbocycles. The average Bonchev–Trinajstić information content (AvgIpc) is 2.93. The standard InChI is InChI=1S/C24H29F3N2O2/c1-6-16(4)29-13-12-15(3)22-20(29)14-17(7-2)23(28-22)19-10-8-18(31-24(25,26)27)9-11-21(19)30-5/h8-10,12,14,16H,6-7,11,13H2,1-5H3/t16-/m1/s1. The topological polar surface area (TPSA) is 34.6 Å². The van der Waals surface area contributed by atoms with Crippen LogP contribution in [0.5, 0.6) is 0 Å². The Hall–Kier alpha value is -2.70. The number of aromatic nitrogens is 1. The Kier molecular flexibility index (Phi) is 6.82. The number of methoxy groups -OCH3 is 1. The lowest BCUT2D eigenvalue weighted by Crippen LogP contribution is -2.35. The number of fused-ring (bicyclic) bond motifs is 1. The SMILES string of the molecule is CCc1cc2c(nc1C1=C(OC)CC=C(OC(F)(F)F)C=C1)C(C)=CCN2[C@H](C)CC. The Morgan fingerprint density at radius 2 is 1.90 bits per heavy atom. The monoisotopic (exact) mass is 434 g/mol. The van der Waals surface area contributed by atoms with E-state index in [0.717, 1.165) is 47.6 Å². The summed E-state index contributed by atoms with van der Waals surface area (Å²) in [6, 6.07) is 2.54. The molecule has 0 amide bonds. The molecule has 1 atom stereocenters. The van der Waals surface area contributed by atoms with Gasteiger partial charge in [-0.3, -0.25) is 0 Å². The molecule has 2 heterocycles. The summed E-state index contributed by atoms with van der Waals surface area (Å²) in [4.78, 5) is 7.36. The zero-order chi connectivity index (χ0) is 22.8. The molecular formula is C24H29F3N2O2. The molecule has 31 heavy (non-hydrogen) atoms. The number of nitrogens with zero attached hydrogens (tertiary/aromatic N) is 2. The minimum absolute atomic E-state index is 0.181. The van der Waals surface area contributed by atoms with Gasteiger partial charge in [0.05, 0.1) is 24.2 Å². The number of hydrogen-bond acceptors (Lipinski definition) is 4. The van der Waals surface area contributed by atoms with E-state index in [-0.39, 0.29) is 12.2 Å². The summed E-state index contributed by atoms with van der Waals surface area (Å²) in [5, 5.41) is 0. The van der Waals surface area contributed by atoms with E-state index in [1.165, 1.54) is 19.3 Å². The van der Waals surface area contributed by atoms with Gasteiger partial charge in [0.1, 0.15) is 11.5 Å². The van der Waals surface area contributed by atoms with Crippen molar-refractivity contribution in [3.05, 3.63) is 58.8 Å². The molecule has 0 spiro atoms. The highest BCUT2D eigenvalue weighted by Gasteiger charge is 2.32. The van der Waals surface area contributed by atoms with E-state index in [1.54, 1.807) is 6.08 Å². The molecule has 0 radical (unpaired) electrons. The largest absolute Gasteiger partial charge is 0.573 e. The van der Waals surface area contributed by atoms with Crippen LogP contribution in [0.1, 0.15) is 57.5 Å². The Bertz CT molecular complexity index is 958. The van der Waals surface area contributed by atoms with Gasteiger partial charge in [0, 0.05) is 24.6 Å². The number of pyridine rings is 1. The lowest BCUT2D eigenvalue weighted by atomic mass is 9.96. The Balaban J connectivity index is 2.10. The van der Waals surface area contributed by atoms with Crippen LogP contribution in [0.2, 0.25) is 0 Å². The molecule has 0 saturated carbocycles. The minimum atomic E-state index is -4.74. The van der Waals surface area contributed by atoms with E-state index in [0.29, 0.717) is 17.4 Å². The second-order valence-electron chi connectivity index (χ2n) is 7.75. The number of anilines is 1. The van der Waals surface area contributed by atoms with Crippen molar-refractivity contribution in [1.29, 1.82) is 0 Å². The first-order valence-electron chi connectivity index (χ1n) is 10.6. The molecular weight excluding hydrogens is 405 g/mol. The van der Waals surface area contributed by atoms with Crippen LogP contribution in [0, 0.1) is 0 Å². The number of rotatable bonds is 6. The molecule has 1 aromatic rings. The van der Waals surface area contributed by atoms with Gasteiger partial charge in [0.15, 0.2) is 0 Å². The smallest absolute Gasteiger partial charge is 0.500 e. The molecule has 3 rings (SSSR count). The number of alkyl halides is 3. The van der Waals surface area contributed by atoms with Gasteiger partial charge in [-0.05, 0) is 62.1 Å². The van der Waals surface area contributed by atoms with Crippen molar-refractivity contribution in [3.63, 3.8) is 0 Å². The summed E-state index contributed by atoms with van der Waals surface area (Å²) in [5.41, 5.74) is 5.53. The third kappa shape index (κ3) is 4.97. The normalized spacial score (nSPS) is 17.6. The van der Waals surface area contributed by atoms with Crippen molar-refractivity contribution in [1.82, 2.24) is 4.98 Å². The van der Waals surface area contributed by atoms with Gasteiger partial charge in [-0.25, -0.2) is 4.98 Å². The summed E-state index contributed by atoms with van der Waals surface area (Å²) in [5.74, 6) is 0.294. The second-order valence-corrected chi connectivity index (χ2v) is 7.75. The summed E-state index contributed by atoms with van der Waals surface area (Å²) >= 11 is 0. The maximum absolute atomic E-state index is 12.7. The summed E-state index contributed by atoms with van der Waals surface area (Å²) < 4.78 is 47.7. The quantitative estimate of drug-likeness (QED) is 0.519. The van der Waals surface area contributed by atoms with Crippen LogP contribution in [0.25, 0.3) is 11.1 Å². The van der Waals surface area contributed by atoms with Gasteiger partial charge in [-0.2, -0.15) is 0 Å². The lowest BCUT2D eigenvalue weighted by Gasteiger charge is -2.35. The molecule has 4 nitrogen and oxygen atoms in total. The summed E-state index contributed by atoms with van der Waals surface area (Å²) in [6.07, 6.45) is 3.66. The lowest BCUT2D eigenvalue weighted by molar-refractivity contribution is -0.303. The van der Waals surface area contributed by atoms with Crippen LogP contribution in [-0.4, -0.2) is 31.0 Å². The fourth-order valence-electron chi connectivity index (χ4n) is 3.87. The van der Waals surface area contributed by atoms with Crippen molar-refractivity contribution in [3.8, 4) is 0 Å². The first-order valence-corrected chi connectivity index (χ1v) is 10.6. The first-order chi connectivity index (χ1) is 14.7. The molecule has 0 bridgehead atoms. The molecule has 2 aliphatic rings. The number of allylic oxidation sites excluding steroid dienone is 5. The van der Waals surface area contributed by atoms with Crippen LogP contribution in [0.4, 0.5) is 18.9 Å². The molecule has 0 unspecified atom stereocenters. The second kappa shape index (κ2) is 9.20. The average molecular weight is 435 g/mol. The van der Waals surface area contributed by atoms with Crippen molar-refractivity contribution in [2.45, 2.75) is 59.4 Å². The van der Waals surface area contributed by atoms with Crippen LogP contribution < -0.4 is 4.90 Å². The molecule has 1 aliphatic heterocycles. The predicted octanol–water partition coefficient (Wildman–Crippen LogP) is 6.40. The highest BCUT2D eigenvalue weighted by molar-refractivity contribution is 5.83. The van der Waals surface area contributed by atoms with Crippen molar-refractivity contribution < 1.29 is 22.6 Å². The van der Waals surface area contributed by atoms with E-state index in [2.05, 4.69) is 42.6 Å². The fraction of sp³-hybridized carbons (Fsp3) is 0.458. The molecule has 1 aromatic heterocycles. The molecule has 1 aliphatic carbocycles. The highest BCUT2D eigenvalue weighted by atomic mass is 19.4. The Morgan fingerprint density at radius 1 is 1.16 bits per heavy atom. The summed E-state index contributed by atoms with van der Waals surface area (Å²) in [7, 11) is 1.52. The third-order valence-electron chi connectivity index (χ3n) is 5.80. The Morgan fingerprint density at radius 3 is 2.52 bits per heavy atom. The van der Waals surface area contributed by atoms with Gasteiger partial charge in [0.2, 0.25) is 0 Å². The van der Waals surface area contributed by atoms with Gasteiger partial charge < -0.3 is 14.4 Å². The molecule has 168 valence electrons. The minimum Gasteiger partial charge on any atom is -0.500 e. The number of hydrogen-bond donors (Lipinski definition) is 0. The van der Waals surface area contributed by atoms with Crippen molar-refractivity contribution in [2.24, 2.45) is 0 Å². The van der Waals surface area contributed by atoms with Gasteiger partial charge >= 0.3 is 6.36 Å². The molecule has 0 N–H and O–H groups in total. The van der Waals surface area contributed by atoms with E-state index in [4.69, 9.17) is 9.72 Å².